The Morgan fingerprint density at radius 3 is 2.00 bits per heavy atom. The maximum Gasteiger partial charge on any atom is 0.371 e. The lowest BCUT2D eigenvalue weighted by molar-refractivity contribution is 0.0502. The fourth-order valence-corrected chi connectivity index (χ4v) is 2.36. The molecule has 0 N–H and O–H groups in total. The Bertz CT molecular complexity index is 1100. The van der Waals surface area contributed by atoms with Gasteiger partial charge in [-0.15, -0.1) is 0 Å². The minimum absolute atomic E-state index is 0.0403. The van der Waals surface area contributed by atoms with E-state index >= 15 is 0 Å². The molecule has 9 heteroatoms. The Balaban J connectivity index is 1.95. The molecule has 1 heterocycles. The fourth-order valence-electron chi connectivity index (χ4n) is 2.36. The molecular formula is C21H11F5N2O2. The van der Waals surface area contributed by atoms with Crippen LogP contribution in [0, 0.1) is 29.1 Å². The minimum Gasteiger partial charge on any atom is -0.312 e. The van der Waals surface area contributed by atoms with Crippen LogP contribution in [0.3, 0.4) is 0 Å². The van der Waals surface area contributed by atoms with Crippen molar-refractivity contribution < 1.29 is 31.6 Å². The number of allylic oxidation sites excluding steroid dienone is 1. The van der Waals surface area contributed by atoms with E-state index in [2.05, 4.69) is 15.0 Å². The molecule has 0 saturated heterocycles. The van der Waals surface area contributed by atoms with Gasteiger partial charge in [-0.05, 0) is 23.8 Å². The van der Waals surface area contributed by atoms with Gasteiger partial charge in [0.25, 0.3) is 0 Å². The van der Waals surface area contributed by atoms with Gasteiger partial charge in [-0.1, -0.05) is 41.6 Å². The van der Waals surface area contributed by atoms with E-state index in [9.17, 15) is 26.7 Å². The molecule has 0 fully saturated rings. The first-order valence-corrected chi connectivity index (χ1v) is 8.34. The molecule has 0 spiro atoms. The van der Waals surface area contributed by atoms with Crippen molar-refractivity contribution in [2.45, 2.75) is 0 Å². The highest BCUT2D eigenvalue weighted by atomic mass is 19.2. The lowest BCUT2D eigenvalue weighted by Crippen LogP contribution is -2.14. The van der Waals surface area contributed by atoms with E-state index in [1.54, 1.807) is 36.4 Å². The van der Waals surface area contributed by atoms with E-state index in [4.69, 9.17) is 0 Å². The maximum absolute atomic E-state index is 13.8. The Kier molecular flexibility index (Phi) is 6.31. The standard InChI is InChI=1S/C21H11F5N2O2/c22-16-15(17(23)19(25)20(26)18(16)24)21(29)30-28-14(13-8-10-27-11-9-13)7-6-12-4-2-1-3-5-12/h1-11H/b7-6+,28-14-. The average Bonchev–Trinajstić information content (AvgIpc) is 2.78. The Morgan fingerprint density at radius 1 is 0.833 bits per heavy atom. The molecular weight excluding hydrogens is 407 g/mol. The topological polar surface area (TPSA) is 51.5 Å². The van der Waals surface area contributed by atoms with E-state index < -0.39 is 40.6 Å². The molecule has 0 bridgehead atoms. The smallest absolute Gasteiger partial charge is 0.312 e. The highest BCUT2D eigenvalue weighted by molar-refractivity contribution is 6.10. The molecule has 0 amide bonds. The van der Waals surface area contributed by atoms with Gasteiger partial charge < -0.3 is 4.84 Å². The molecule has 3 rings (SSSR count). The lowest BCUT2D eigenvalue weighted by Gasteiger charge is -2.06. The summed E-state index contributed by atoms with van der Waals surface area (Å²) in [7, 11) is 0. The predicted octanol–water partition coefficient (Wildman–Crippen LogP) is 5.05. The summed E-state index contributed by atoms with van der Waals surface area (Å²) in [5.41, 5.74) is -0.512. The van der Waals surface area contributed by atoms with Gasteiger partial charge >= 0.3 is 5.97 Å². The number of carbonyl (C=O) groups is 1. The molecule has 152 valence electrons. The summed E-state index contributed by atoms with van der Waals surface area (Å²) < 4.78 is 67.3. The lowest BCUT2D eigenvalue weighted by atomic mass is 10.1. The number of nitrogens with zero attached hydrogens (tertiary/aromatic N) is 2. The van der Waals surface area contributed by atoms with Crippen LogP contribution in [0.4, 0.5) is 22.0 Å². The van der Waals surface area contributed by atoms with Crippen LogP contribution in [0.5, 0.6) is 0 Å². The van der Waals surface area contributed by atoms with E-state index in [1.165, 1.54) is 30.6 Å². The van der Waals surface area contributed by atoms with Gasteiger partial charge in [0.15, 0.2) is 23.3 Å². The first-order chi connectivity index (χ1) is 14.4. The van der Waals surface area contributed by atoms with Crippen LogP contribution in [-0.4, -0.2) is 16.7 Å². The van der Waals surface area contributed by atoms with Crippen molar-refractivity contribution in [2.24, 2.45) is 5.16 Å². The predicted molar refractivity (Wildman–Crippen MR) is 97.9 cm³/mol. The molecule has 0 radical (unpaired) electrons. The van der Waals surface area contributed by atoms with Crippen LogP contribution in [0.15, 0.2) is 66.1 Å². The third-order valence-corrected chi connectivity index (χ3v) is 3.85. The second-order valence-electron chi connectivity index (χ2n) is 5.78. The SMILES string of the molecule is O=C(O/N=C(/C=C/c1ccccc1)c1ccncc1)c1c(F)c(F)c(F)c(F)c1F. The Morgan fingerprint density at radius 2 is 1.40 bits per heavy atom. The highest BCUT2D eigenvalue weighted by Gasteiger charge is 2.31. The van der Waals surface area contributed by atoms with Crippen LogP contribution in [0.1, 0.15) is 21.5 Å². The minimum atomic E-state index is -2.38. The molecule has 0 saturated carbocycles. The van der Waals surface area contributed by atoms with Crippen molar-refractivity contribution >= 4 is 17.8 Å². The zero-order valence-electron chi connectivity index (χ0n) is 15.0. The van der Waals surface area contributed by atoms with Crippen LogP contribution in [0.25, 0.3) is 6.08 Å². The molecule has 2 aromatic carbocycles. The summed E-state index contributed by atoms with van der Waals surface area (Å²) in [6.07, 6.45) is 5.90. The summed E-state index contributed by atoms with van der Waals surface area (Å²) >= 11 is 0. The number of carbonyl (C=O) groups excluding carboxylic acids is 1. The van der Waals surface area contributed by atoms with Crippen molar-refractivity contribution in [3.05, 3.63) is 107 Å². The zero-order valence-corrected chi connectivity index (χ0v) is 15.0. The van der Waals surface area contributed by atoms with Gasteiger partial charge in [0, 0.05) is 18.0 Å². The van der Waals surface area contributed by atoms with Crippen molar-refractivity contribution in [1.82, 2.24) is 4.98 Å². The van der Waals surface area contributed by atoms with Crippen molar-refractivity contribution in [1.29, 1.82) is 0 Å². The summed E-state index contributed by atoms with van der Waals surface area (Å²) in [4.78, 5) is 20.3. The quantitative estimate of drug-likeness (QED) is 0.146. The average molecular weight is 418 g/mol. The summed E-state index contributed by atoms with van der Waals surface area (Å²) in [5.74, 6) is -13.4. The largest absolute Gasteiger partial charge is 0.371 e. The van der Waals surface area contributed by atoms with Gasteiger partial charge in [0.2, 0.25) is 5.82 Å². The van der Waals surface area contributed by atoms with Gasteiger partial charge in [-0.2, -0.15) is 0 Å². The Labute approximate surface area is 166 Å². The van der Waals surface area contributed by atoms with Gasteiger partial charge in [-0.3, -0.25) is 4.98 Å². The van der Waals surface area contributed by atoms with E-state index in [-0.39, 0.29) is 5.71 Å². The van der Waals surface area contributed by atoms with Crippen LogP contribution in [0.2, 0.25) is 0 Å². The van der Waals surface area contributed by atoms with Crippen molar-refractivity contribution in [2.75, 3.05) is 0 Å². The third-order valence-electron chi connectivity index (χ3n) is 3.85. The van der Waals surface area contributed by atoms with Crippen LogP contribution < -0.4 is 0 Å². The molecule has 1 aromatic heterocycles. The number of pyridine rings is 1. The number of oxime groups is 1. The summed E-state index contributed by atoms with van der Waals surface area (Å²) in [6.45, 7) is 0. The second-order valence-corrected chi connectivity index (χ2v) is 5.78. The molecule has 0 aliphatic heterocycles. The first kappa shape index (κ1) is 20.8. The molecule has 30 heavy (non-hydrogen) atoms. The van der Waals surface area contributed by atoms with Crippen molar-refractivity contribution in [3.63, 3.8) is 0 Å². The normalized spacial score (nSPS) is 11.7. The zero-order chi connectivity index (χ0) is 21.7. The number of hydrogen-bond donors (Lipinski definition) is 0. The summed E-state index contributed by atoms with van der Waals surface area (Å²) in [5, 5.41) is 3.53. The molecule has 4 nitrogen and oxygen atoms in total. The van der Waals surface area contributed by atoms with Crippen molar-refractivity contribution in [3.8, 4) is 0 Å². The third kappa shape index (κ3) is 4.40. The number of hydrogen-bond acceptors (Lipinski definition) is 4. The van der Waals surface area contributed by atoms with Gasteiger partial charge in [0.1, 0.15) is 11.3 Å². The number of benzene rings is 2. The number of rotatable bonds is 5. The second kappa shape index (κ2) is 9.08. The summed E-state index contributed by atoms with van der Waals surface area (Å²) in [6, 6.07) is 12.0. The van der Waals surface area contributed by atoms with Crippen LogP contribution >= 0.6 is 0 Å². The van der Waals surface area contributed by atoms with Crippen LogP contribution in [-0.2, 0) is 4.84 Å². The maximum atomic E-state index is 13.8. The fraction of sp³-hybridized carbons (Fsp3) is 0. The van der Waals surface area contributed by atoms with E-state index in [1.807, 2.05) is 0 Å². The number of halogens is 5. The Hall–Kier alpha value is -3.88. The molecule has 3 aromatic rings. The van der Waals surface area contributed by atoms with E-state index in [0.29, 0.717) is 5.56 Å². The van der Waals surface area contributed by atoms with E-state index in [0.717, 1.165) is 5.56 Å². The van der Waals surface area contributed by atoms with Gasteiger partial charge in [-0.25, -0.2) is 26.7 Å². The first-order valence-electron chi connectivity index (χ1n) is 8.34. The number of aromatic nitrogens is 1. The molecule has 0 atom stereocenters. The van der Waals surface area contributed by atoms with Gasteiger partial charge in [0.05, 0.1) is 0 Å². The highest BCUT2D eigenvalue weighted by Crippen LogP contribution is 2.23. The monoisotopic (exact) mass is 418 g/mol. The molecule has 0 unspecified atom stereocenters. The molecule has 0 aliphatic carbocycles. The molecule has 0 aliphatic rings.